The van der Waals surface area contributed by atoms with Crippen LogP contribution in [-0.4, -0.2) is 21.1 Å². The molecule has 1 aliphatic heterocycles. The molecule has 0 spiro atoms. The molecule has 0 saturated heterocycles. The van der Waals surface area contributed by atoms with E-state index in [0.29, 0.717) is 21.1 Å². The summed E-state index contributed by atoms with van der Waals surface area (Å²) in [6, 6.07) is 19.1. The van der Waals surface area contributed by atoms with Gasteiger partial charge in [-0.1, -0.05) is 0 Å². The van der Waals surface area contributed by atoms with Gasteiger partial charge in [-0.15, -0.1) is 0 Å². The molecule has 2 heteroatoms. The van der Waals surface area contributed by atoms with E-state index in [1.807, 2.05) is 6.07 Å². The molecule has 86 valence electrons. The Morgan fingerprint density at radius 1 is 1.00 bits per heavy atom. The molecule has 2 aromatic rings. The van der Waals surface area contributed by atoms with E-state index in [1.165, 1.54) is 10.0 Å². The van der Waals surface area contributed by atoms with Gasteiger partial charge in [-0.05, 0) is 0 Å². The van der Waals surface area contributed by atoms with Gasteiger partial charge >= 0.3 is 108 Å². The number of rotatable bonds is 3. The predicted molar refractivity (Wildman–Crippen MR) is 71.2 cm³/mol. The fourth-order valence-corrected chi connectivity index (χ4v) is 3.97. The summed E-state index contributed by atoms with van der Waals surface area (Å²) in [6.45, 7) is 0. The van der Waals surface area contributed by atoms with Gasteiger partial charge in [-0.3, -0.25) is 0 Å². The van der Waals surface area contributed by atoms with Crippen molar-refractivity contribution >= 4 is 19.4 Å². The standard InChI is InChI=1S/C15H14OSe/c1-2-7-14(8-3-1)17-11-13-10-12-6-4-5-9-15(12)16-13/h1-9,13H,10-11H2. The molecule has 1 aliphatic rings. The van der Waals surface area contributed by atoms with Crippen LogP contribution in [-0.2, 0) is 6.42 Å². The van der Waals surface area contributed by atoms with Crippen molar-refractivity contribution in [1.29, 1.82) is 0 Å². The van der Waals surface area contributed by atoms with E-state index in [1.54, 1.807) is 0 Å². The van der Waals surface area contributed by atoms with Crippen molar-refractivity contribution < 1.29 is 4.74 Å². The first-order chi connectivity index (χ1) is 8.42. The average Bonchev–Trinajstić information content (AvgIpc) is 2.80. The molecule has 0 bridgehead atoms. The Bertz CT molecular complexity index is 470. The van der Waals surface area contributed by atoms with Gasteiger partial charge in [0, 0.05) is 0 Å². The Morgan fingerprint density at radius 2 is 1.76 bits per heavy atom. The number of benzene rings is 2. The second-order valence-corrected chi connectivity index (χ2v) is 6.47. The molecule has 1 heterocycles. The molecule has 0 radical (unpaired) electrons. The van der Waals surface area contributed by atoms with E-state index in [9.17, 15) is 0 Å². The van der Waals surface area contributed by atoms with Crippen molar-refractivity contribution in [1.82, 2.24) is 0 Å². The van der Waals surface area contributed by atoms with Crippen LogP contribution in [0.25, 0.3) is 0 Å². The van der Waals surface area contributed by atoms with Gasteiger partial charge in [-0.25, -0.2) is 0 Å². The van der Waals surface area contributed by atoms with Crippen molar-refractivity contribution in [3.63, 3.8) is 0 Å². The monoisotopic (exact) mass is 290 g/mol. The number of fused-ring (bicyclic) bond motifs is 1. The number of hydrogen-bond donors (Lipinski definition) is 0. The molecule has 1 atom stereocenters. The molecule has 2 aromatic carbocycles. The van der Waals surface area contributed by atoms with Crippen LogP contribution >= 0.6 is 0 Å². The minimum absolute atomic E-state index is 0.382. The van der Waals surface area contributed by atoms with Crippen LogP contribution in [0.1, 0.15) is 5.56 Å². The molecule has 0 amide bonds. The van der Waals surface area contributed by atoms with Gasteiger partial charge in [0.2, 0.25) is 0 Å². The molecule has 0 saturated carbocycles. The van der Waals surface area contributed by atoms with Crippen LogP contribution in [0.3, 0.4) is 0 Å². The van der Waals surface area contributed by atoms with Gasteiger partial charge < -0.3 is 0 Å². The molecular weight excluding hydrogens is 275 g/mol. The Hall–Kier alpha value is -1.24. The zero-order valence-electron chi connectivity index (χ0n) is 9.50. The summed E-state index contributed by atoms with van der Waals surface area (Å²) in [4.78, 5) is 0. The minimum atomic E-state index is 0.382. The third-order valence-corrected chi connectivity index (χ3v) is 5.29. The van der Waals surface area contributed by atoms with E-state index in [4.69, 9.17) is 4.74 Å². The summed E-state index contributed by atoms with van der Waals surface area (Å²) >= 11 is 0.522. The van der Waals surface area contributed by atoms with Crippen LogP contribution in [0.4, 0.5) is 0 Å². The van der Waals surface area contributed by atoms with Crippen molar-refractivity contribution in [2.75, 3.05) is 0 Å². The van der Waals surface area contributed by atoms with Gasteiger partial charge in [0.05, 0.1) is 0 Å². The van der Waals surface area contributed by atoms with Crippen molar-refractivity contribution in [3.8, 4) is 5.75 Å². The fraction of sp³-hybridized carbons (Fsp3) is 0.200. The first-order valence-electron chi connectivity index (χ1n) is 5.84. The Balaban J connectivity index is 1.59. The van der Waals surface area contributed by atoms with Gasteiger partial charge in [0.15, 0.2) is 0 Å². The second-order valence-electron chi connectivity index (χ2n) is 4.18. The maximum absolute atomic E-state index is 5.94. The van der Waals surface area contributed by atoms with Crippen LogP contribution < -0.4 is 9.20 Å². The van der Waals surface area contributed by atoms with Gasteiger partial charge in [0.25, 0.3) is 0 Å². The third kappa shape index (κ3) is 2.54. The number of hydrogen-bond acceptors (Lipinski definition) is 1. The summed E-state index contributed by atoms with van der Waals surface area (Å²) < 4.78 is 7.40. The average molecular weight is 289 g/mol. The van der Waals surface area contributed by atoms with Crippen molar-refractivity contribution in [3.05, 3.63) is 60.2 Å². The van der Waals surface area contributed by atoms with E-state index in [0.717, 1.165) is 17.5 Å². The van der Waals surface area contributed by atoms with Crippen molar-refractivity contribution in [2.24, 2.45) is 0 Å². The summed E-state index contributed by atoms with van der Waals surface area (Å²) in [7, 11) is 0. The Morgan fingerprint density at radius 3 is 2.59 bits per heavy atom. The van der Waals surface area contributed by atoms with Crippen LogP contribution in [0, 0.1) is 0 Å². The topological polar surface area (TPSA) is 9.23 Å². The molecule has 1 unspecified atom stereocenters. The van der Waals surface area contributed by atoms with Gasteiger partial charge in [0.1, 0.15) is 0 Å². The summed E-state index contributed by atoms with van der Waals surface area (Å²) in [5.41, 5.74) is 1.36. The quantitative estimate of drug-likeness (QED) is 0.789. The summed E-state index contributed by atoms with van der Waals surface area (Å²) in [5, 5.41) is 1.16. The Labute approximate surface area is 108 Å². The van der Waals surface area contributed by atoms with Crippen molar-refractivity contribution in [2.45, 2.75) is 17.8 Å². The predicted octanol–water partition coefficient (Wildman–Crippen LogP) is 2.44. The van der Waals surface area contributed by atoms with Crippen LogP contribution in [0.2, 0.25) is 5.32 Å². The zero-order valence-corrected chi connectivity index (χ0v) is 11.2. The van der Waals surface area contributed by atoms with E-state index >= 15 is 0 Å². The van der Waals surface area contributed by atoms with Gasteiger partial charge in [-0.2, -0.15) is 0 Å². The first-order valence-corrected chi connectivity index (χ1v) is 7.91. The summed E-state index contributed by atoms with van der Waals surface area (Å²) in [6.07, 6.45) is 1.46. The third-order valence-electron chi connectivity index (χ3n) is 2.89. The molecule has 0 N–H and O–H groups in total. The molecule has 3 rings (SSSR count). The van der Waals surface area contributed by atoms with E-state index in [-0.39, 0.29) is 0 Å². The molecule has 0 fully saturated rings. The van der Waals surface area contributed by atoms with Crippen LogP contribution in [0.15, 0.2) is 54.6 Å². The number of para-hydroxylation sites is 1. The van der Waals surface area contributed by atoms with Crippen LogP contribution in [0.5, 0.6) is 5.75 Å². The molecule has 1 nitrogen and oxygen atoms in total. The molecule has 0 aromatic heterocycles. The summed E-state index contributed by atoms with van der Waals surface area (Å²) in [5.74, 6) is 1.08. The Kier molecular flexibility index (Phi) is 3.17. The number of ether oxygens (including phenoxy) is 1. The maximum atomic E-state index is 5.94. The van der Waals surface area contributed by atoms with E-state index in [2.05, 4.69) is 48.5 Å². The first kappa shape index (κ1) is 10.9. The van der Waals surface area contributed by atoms with E-state index < -0.39 is 0 Å². The molecule has 17 heavy (non-hydrogen) atoms. The fourth-order valence-electron chi connectivity index (χ4n) is 2.05. The molecular formula is C15H14OSe. The SMILES string of the molecule is c1ccc([Se]CC2Cc3ccccc3O2)cc1. The zero-order chi connectivity index (χ0) is 11.5. The second kappa shape index (κ2) is 4.95. The normalized spacial score (nSPS) is 17.5. The molecule has 0 aliphatic carbocycles.